The van der Waals surface area contributed by atoms with Crippen molar-refractivity contribution in [1.29, 1.82) is 0 Å². The van der Waals surface area contributed by atoms with Gasteiger partial charge < -0.3 is 22.4 Å². The van der Waals surface area contributed by atoms with Crippen molar-refractivity contribution in [3.05, 3.63) is 231 Å². The van der Waals surface area contributed by atoms with Gasteiger partial charge in [0.25, 0.3) is 0 Å². The second-order valence-corrected chi connectivity index (χ2v) is 28.0. The van der Waals surface area contributed by atoms with E-state index < -0.39 is 16.6 Å². The van der Waals surface area contributed by atoms with Crippen molar-refractivity contribution < 1.29 is 4.12 Å². The van der Waals surface area contributed by atoms with Crippen LogP contribution in [-0.2, 0) is 4.12 Å². The Bertz CT molecular complexity index is 4130. The fourth-order valence-electron chi connectivity index (χ4n) is 12.0. The molecule has 0 amide bonds. The molecule has 5 nitrogen and oxygen atoms in total. The number of hydrogen-bond acceptors (Lipinski definition) is 1. The summed E-state index contributed by atoms with van der Waals surface area (Å²) in [6.07, 6.45) is 0. The molecule has 0 radical (unpaired) electrons. The molecule has 0 bridgehead atoms. The van der Waals surface area contributed by atoms with Crippen molar-refractivity contribution >= 4 is 114 Å². The second kappa shape index (κ2) is 15.7. The maximum absolute atomic E-state index is 7.73. The quantitative estimate of drug-likeness (QED) is 0.140. The highest BCUT2D eigenvalue weighted by Gasteiger charge is 2.37. The number of aromatic nitrogens is 4. The highest BCUT2D eigenvalue weighted by Crippen LogP contribution is 2.44. The van der Waals surface area contributed by atoms with Gasteiger partial charge in [-0.2, -0.15) is 0 Å². The van der Waals surface area contributed by atoms with Gasteiger partial charge in [-0.15, -0.1) is 0 Å². The fourth-order valence-corrected chi connectivity index (χ4v) is 20.0. The highest BCUT2D eigenvalue weighted by atomic mass is 28.4. The Morgan fingerprint density at radius 2 is 0.521 bits per heavy atom. The lowest BCUT2D eigenvalue weighted by Crippen LogP contribution is -2.57. The van der Waals surface area contributed by atoms with Crippen molar-refractivity contribution in [3.8, 4) is 22.7 Å². The molecule has 4 aromatic heterocycles. The van der Waals surface area contributed by atoms with Crippen molar-refractivity contribution in [2.24, 2.45) is 0 Å². The molecule has 10 aromatic carbocycles. The number of fused-ring (bicyclic) bond motifs is 14. The van der Waals surface area contributed by atoms with E-state index in [2.05, 4.69) is 275 Å². The summed E-state index contributed by atoms with van der Waals surface area (Å²) in [6, 6.07) is 84.7. The molecule has 0 N–H and O–H groups in total. The molecule has 0 saturated carbocycles. The Hall–Kier alpha value is -8.21. The van der Waals surface area contributed by atoms with E-state index in [1.54, 1.807) is 0 Å². The van der Waals surface area contributed by atoms with E-state index in [-0.39, 0.29) is 0 Å². The molecular weight excluding hydrogens is 897 g/mol. The summed E-state index contributed by atoms with van der Waals surface area (Å²) in [7, 11) is -5.09. The first kappa shape index (κ1) is 41.7. The fraction of sp³-hybridized carbons (Fsp3) is 0.0625. The van der Waals surface area contributed by atoms with Crippen LogP contribution >= 0.6 is 0 Å². The number of rotatable bonds is 8. The molecular formula is C64H50N4OSi2. The third-order valence-corrected chi connectivity index (χ3v) is 22.6. The van der Waals surface area contributed by atoms with Crippen LogP contribution in [0.15, 0.2) is 231 Å². The summed E-state index contributed by atoms with van der Waals surface area (Å²) in [5.74, 6) is 0. The normalized spacial score (nSPS) is 12.6. The minimum Gasteiger partial charge on any atom is -0.449 e. The molecule has 0 aliphatic carbocycles. The van der Waals surface area contributed by atoms with Crippen molar-refractivity contribution in [3.63, 3.8) is 0 Å². The topological polar surface area (TPSA) is 28.9 Å². The molecule has 0 saturated heterocycles. The Morgan fingerprint density at radius 3 is 0.845 bits per heavy atom. The van der Waals surface area contributed by atoms with E-state index in [1.165, 1.54) is 97.6 Å². The third kappa shape index (κ3) is 6.26. The maximum Gasteiger partial charge on any atom is 0.206 e. The van der Waals surface area contributed by atoms with Gasteiger partial charge in [-0.05, 0) is 109 Å². The largest absolute Gasteiger partial charge is 0.449 e. The first-order valence-corrected chi connectivity index (χ1v) is 30.5. The van der Waals surface area contributed by atoms with Crippen LogP contribution < -0.4 is 10.4 Å². The zero-order chi connectivity index (χ0) is 47.6. The van der Waals surface area contributed by atoms with E-state index in [0.717, 1.165) is 22.7 Å². The van der Waals surface area contributed by atoms with Crippen LogP contribution in [0.3, 0.4) is 0 Å². The molecule has 0 fully saturated rings. The molecule has 0 atom stereocenters. The SMILES string of the molecule is C[Si](C)(O[Si](C)(C)c1ccc2c(c1)c1ccc3c4ccccc4n(-c4ccccc4)c3c1n2-c1ccccc1)c1ccc2c(c1)c1ccc3c4ccccc4n(-c4ccccc4)c3c1n2-c1ccccc1. The molecule has 14 aromatic rings. The lowest BCUT2D eigenvalue weighted by Gasteiger charge is -2.34. The second-order valence-electron chi connectivity index (χ2n) is 20.0. The maximum atomic E-state index is 7.73. The Kier molecular flexibility index (Phi) is 9.20. The summed E-state index contributed by atoms with van der Waals surface area (Å²) in [6.45, 7) is 9.57. The van der Waals surface area contributed by atoms with Crippen LogP contribution in [-0.4, -0.2) is 34.9 Å². The average Bonchev–Trinajstić information content (AvgIpc) is 4.14. The summed E-state index contributed by atoms with van der Waals surface area (Å²) >= 11 is 0. The monoisotopic (exact) mass is 946 g/mol. The predicted molar refractivity (Wildman–Crippen MR) is 306 cm³/mol. The third-order valence-electron chi connectivity index (χ3n) is 15.1. The van der Waals surface area contributed by atoms with Gasteiger partial charge in [-0.1, -0.05) is 158 Å². The van der Waals surface area contributed by atoms with Crippen molar-refractivity contribution in [2.45, 2.75) is 26.2 Å². The van der Waals surface area contributed by atoms with Gasteiger partial charge in [0.1, 0.15) is 0 Å². The van der Waals surface area contributed by atoms with E-state index in [4.69, 9.17) is 4.12 Å². The molecule has 0 unspecified atom stereocenters. The van der Waals surface area contributed by atoms with Crippen molar-refractivity contribution in [2.75, 3.05) is 0 Å². The van der Waals surface area contributed by atoms with Gasteiger partial charge in [0.05, 0.1) is 44.1 Å². The summed E-state index contributed by atoms with van der Waals surface area (Å²) in [4.78, 5) is 0. The van der Waals surface area contributed by atoms with Crippen LogP contribution in [0, 0.1) is 0 Å². The van der Waals surface area contributed by atoms with Gasteiger partial charge in [-0.25, -0.2) is 0 Å². The smallest absolute Gasteiger partial charge is 0.206 e. The van der Waals surface area contributed by atoms with Crippen LogP contribution in [0.4, 0.5) is 0 Å². The van der Waals surface area contributed by atoms with Gasteiger partial charge in [-0.3, -0.25) is 0 Å². The van der Waals surface area contributed by atoms with Crippen LogP contribution in [0.25, 0.3) is 110 Å². The minimum atomic E-state index is -2.55. The van der Waals surface area contributed by atoms with E-state index in [9.17, 15) is 0 Å². The zero-order valence-corrected chi connectivity index (χ0v) is 42.1. The Balaban J connectivity index is 0.936. The van der Waals surface area contributed by atoms with Crippen LogP contribution in [0.2, 0.25) is 26.2 Å². The van der Waals surface area contributed by atoms with E-state index >= 15 is 0 Å². The first-order valence-electron chi connectivity index (χ1n) is 24.7. The van der Waals surface area contributed by atoms with Gasteiger partial charge in [0, 0.05) is 65.8 Å². The molecule has 340 valence electrons. The minimum absolute atomic E-state index is 1.14. The average molecular weight is 947 g/mol. The Labute approximate surface area is 413 Å². The molecule has 14 rings (SSSR count). The molecule has 71 heavy (non-hydrogen) atoms. The van der Waals surface area contributed by atoms with Gasteiger partial charge >= 0.3 is 0 Å². The zero-order valence-electron chi connectivity index (χ0n) is 40.1. The predicted octanol–water partition coefficient (Wildman–Crippen LogP) is 15.6. The highest BCUT2D eigenvalue weighted by molar-refractivity contribution is 6.97. The standard InChI is InChI=1S/C64H50N4OSi2/c1-70(2,47-33-39-59-55(41-47)53-37-35-51-49-29-17-19-31-57(49)65(43-21-9-5-10-22-43)61(51)63(53)67(59)45-25-13-7-14-26-45)69-71(3,4)48-34-40-60-56(42-48)54-38-36-52-50-30-18-20-32-58(50)66(44-23-11-6-12-24-44)62(52)64(54)68(60)46-27-15-8-16-28-46/h5-42H,1-4H3. The number of hydrogen-bond donors (Lipinski definition) is 0. The first-order chi connectivity index (χ1) is 34.7. The summed E-state index contributed by atoms with van der Waals surface area (Å²) < 4.78 is 17.6. The lowest BCUT2D eigenvalue weighted by molar-refractivity contribution is 0.573. The van der Waals surface area contributed by atoms with E-state index in [0.29, 0.717) is 0 Å². The van der Waals surface area contributed by atoms with Crippen molar-refractivity contribution in [1.82, 2.24) is 18.3 Å². The molecule has 0 spiro atoms. The van der Waals surface area contributed by atoms with Crippen LogP contribution in [0.1, 0.15) is 0 Å². The summed E-state index contributed by atoms with van der Waals surface area (Å²) in [5, 5.41) is 12.5. The number of para-hydroxylation sites is 6. The molecule has 0 aliphatic rings. The molecule has 0 aliphatic heterocycles. The van der Waals surface area contributed by atoms with Crippen LogP contribution in [0.5, 0.6) is 0 Å². The Morgan fingerprint density at radius 1 is 0.254 bits per heavy atom. The molecule has 4 heterocycles. The lowest BCUT2D eigenvalue weighted by atomic mass is 10.1. The summed E-state index contributed by atoms with van der Waals surface area (Å²) in [5.41, 5.74) is 14.2. The number of nitrogens with zero attached hydrogens (tertiary/aromatic N) is 4. The van der Waals surface area contributed by atoms with Gasteiger partial charge in [0.2, 0.25) is 16.6 Å². The molecule has 7 heteroatoms. The van der Waals surface area contributed by atoms with E-state index in [1.807, 2.05) is 0 Å². The number of benzene rings is 10. The van der Waals surface area contributed by atoms with Gasteiger partial charge in [0.15, 0.2) is 0 Å².